The van der Waals surface area contributed by atoms with Gasteiger partial charge in [0.15, 0.2) is 42.5 Å². The van der Waals surface area contributed by atoms with E-state index in [4.69, 9.17) is 37.9 Å². The summed E-state index contributed by atoms with van der Waals surface area (Å²) in [6.45, 7) is 6.74. The maximum Gasteiger partial charge on any atom is 0.471 e. The van der Waals surface area contributed by atoms with Crippen LogP contribution in [0.15, 0.2) is 18.2 Å². The van der Waals surface area contributed by atoms with Crippen molar-refractivity contribution >= 4 is 41.2 Å². The number of carbonyl (C=O) groups is 7. The number of aromatic hydroxyl groups is 2. The highest BCUT2D eigenvalue weighted by atomic mass is 19.4. The van der Waals surface area contributed by atoms with Crippen molar-refractivity contribution in [1.29, 1.82) is 0 Å². The third-order valence-corrected chi connectivity index (χ3v) is 11.2. The lowest BCUT2D eigenvalue weighted by atomic mass is 9.72. The largest absolute Gasteiger partial charge is 0.507 e. The summed E-state index contributed by atoms with van der Waals surface area (Å²) in [6, 6.07) is 2.41. The minimum atomic E-state index is -5.44. The number of carbonyl (C=O) groups excluding carboxylic acids is 7. The number of fused-ring (bicyclic) bond motifs is 3. The molecule has 11 atom stereocenters. The smallest absolute Gasteiger partial charge is 0.471 e. The molecule has 0 spiro atoms. The van der Waals surface area contributed by atoms with Crippen LogP contribution >= 0.6 is 0 Å². The molecule has 0 unspecified atom stereocenters. The molecule has 0 bridgehead atoms. The van der Waals surface area contributed by atoms with Crippen molar-refractivity contribution in [2.24, 2.45) is 0 Å². The van der Waals surface area contributed by atoms with Crippen LogP contribution in [0, 0.1) is 0 Å². The number of nitrogens with one attached hydrogen (secondary N) is 1. The van der Waals surface area contributed by atoms with E-state index in [0.717, 1.165) is 27.7 Å². The van der Waals surface area contributed by atoms with Gasteiger partial charge in [-0.25, -0.2) is 0 Å². The zero-order chi connectivity index (χ0) is 46.6. The minimum absolute atomic E-state index is 0.0291. The zero-order valence-corrected chi connectivity index (χ0v) is 34.7. The highest BCUT2D eigenvalue weighted by Gasteiger charge is 2.55. The summed E-state index contributed by atoms with van der Waals surface area (Å²) in [6.07, 6.45) is -21.4. The molecule has 4 N–H and O–H groups in total. The SMILES string of the molecule is COc1cccc2c1C(=O)c1c(O)c3c(c(O)c1C2=O)C[C@@](O)(C(C)=O)C[C@@H]3O[C@H]1C[C@H](NC(=O)C(F)(F)F)[C@H](O[C@@H]2O[C@@H](C)[C@H](OC(C)=O)[C@@H](OC(C)=O)[C@H]2OC(C)=O)[C@H](C)O1. The Bertz CT molecular complexity index is 2250. The van der Waals surface area contributed by atoms with Gasteiger partial charge in [-0.2, -0.15) is 13.2 Å². The number of ketones is 3. The number of amides is 1. The Hall–Kier alpha value is -5.68. The van der Waals surface area contributed by atoms with Gasteiger partial charge in [-0.3, -0.25) is 33.6 Å². The monoisotopic (exact) mass is 895 g/mol. The maximum atomic E-state index is 14.0. The van der Waals surface area contributed by atoms with Crippen LogP contribution in [0.2, 0.25) is 0 Å². The predicted molar refractivity (Wildman–Crippen MR) is 200 cm³/mol. The molecular formula is C41H44F3NO18. The Morgan fingerprint density at radius 2 is 1.38 bits per heavy atom. The first-order valence-electron chi connectivity index (χ1n) is 19.5. The number of hydrogen-bond donors (Lipinski definition) is 4. The van der Waals surface area contributed by atoms with Crippen LogP contribution in [0.1, 0.15) is 103 Å². The molecule has 0 aromatic heterocycles. The van der Waals surface area contributed by atoms with Crippen LogP contribution in [-0.2, 0) is 63.6 Å². The molecule has 2 aliphatic heterocycles. The molecule has 2 fully saturated rings. The van der Waals surface area contributed by atoms with Gasteiger partial charge in [0.25, 0.3) is 0 Å². The van der Waals surface area contributed by atoms with Gasteiger partial charge in [0.1, 0.15) is 29.0 Å². The normalized spacial score (nSPS) is 30.2. The first-order valence-corrected chi connectivity index (χ1v) is 19.5. The van der Waals surface area contributed by atoms with Gasteiger partial charge in [-0.05, 0) is 26.8 Å². The lowest BCUT2D eigenvalue weighted by Gasteiger charge is -2.47. The fourth-order valence-electron chi connectivity index (χ4n) is 8.45. The summed E-state index contributed by atoms with van der Waals surface area (Å²) < 4.78 is 87.1. The van der Waals surface area contributed by atoms with E-state index < -0.39 is 156 Å². The van der Waals surface area contributed by atoms with E-state index in [1.54, 1.807) is 0 Å². The van der Waals surface area contributed by atoms with Gasteiger partial charge >= 0.3 is 30.0 Å². The second kappa shape index (κ2) is 17.5. The number of alkyl halides is 3. The molecule has 0 saturated carbocycles. The molecule has 4 aliphatic rings. The van der Waals surface area contributed by atoms with Crippen LogP contribution < -0.4 is 10.1 Å². The second-order valence-corrected chi connectivity index (χ2v) is 15.6. The topological polar surface area (TPSA) is 266 Å². The van der Waals surface area contributed by atoms with Crippen LogP contribution in [0.4, 0.5) is 13.2 Å². The van der Waals surface area contributed by atoms with E-state index in [1.165, 1.54) is 39.2 Å². The Balaban J connectivity index is 1.38. The van der Waals surface area contributed by atoms with Crippen molar-refractivity contribution in [3.05, 3.63) is 51.6 Å². The summed E-state index contributed by atoms with van der Waals surface area (Å²) in [5.74, 6) is -9.56. The fourth-order valence-corrected chi connectivity index (χ4v) is 8.45. The van der Waals surface area contributed by atoms with Crippen molar-refractivity contribution in [3.8, 4) is 17.2 Å². The van der Waals surface area contributed by atoms with E-state index in [2.05, 4.69) is 0 Å². The summed E-state index contributed by atoms with van der Waals surface area (Å²) in [5, 5.41) is 37.0. The summed E-state index contributed by atoms with van der Waals surface area (Å²) >= 11 is 0. The van der Waals surface area contributed by atoms with Crippen molar-refractivity contribution in [1.82, 2.24) is 5.32 Å². The van der Waals surface area contributed by atoms with Crippen molar-refractivity contribution in [2.45, 2.75) is 134 Å². The number of methoxy groups -OCH3 is 1. The average molecular weight is 896 g/mol. The van der Waals surface area contributed by atoms with Crippen molar-refractivity contribution < 1.29 is 99.9 Å². The summed E-state index contributed by atoms with van der Waals surface area (Å²) in [5.41, 5.74) is -4.71. The van der Waals surface area contributed by atoms with Crippen molar-refractivity contribution in [2.75, 3.05) is 7.11 Å². The molecule has 2 aromatic rings. The van der Waals surface area contributed by atoms with E-state index in [9.17, 15) is 62.1 Å². The quantitative estimate of drug-likeness (QED) is 0.129. The standard InChI is InChI=1S/C41H44F3NO18/c1-14-34(63-38-37(61-19(6)49)36(60-18(5)48)35(15(2)58-38)59-17(4)47)22(45-39(54)41(42,43)44)11-25(57-14)62-24-13-40(55,16(3)46)12-21-27(24)33(53)29-28(31(21)51)30(50)20-9-8-10-23(56-7)26(20)32(29)52/h8-10,14-15,22,24-25,34-38,51,53,55H,11-13H2,1-7H3,(H,45,54)/t14-,15-,22-,24-,25-,34+,35-,36+,37+,38-,40-/m0/s1. The minimum Gasteiger partial charge on any atom is -0.507 e. The number of Topliss-reactive ketones (excluding diaryl/α,β-unsaturated/α-hetero) is 1. The van der Waals surface area contributed by atoms with E-state index in [1.807, 2.05) is 5.32 Å². The molecular weight excluding hydrogens is 851 g/mol. The molecule has 63 heavy (non-hydrogen) atoms. The third-order valence-electron chi connectivity index (χ3n) is 11.2. The Morgan fingerprint density at radius 3 is 1.97 bits per heavy atom. The highest BCUT2D eigenvalue weighted by molar-refractivity contribution is 6.31. The van der Waals surface area contributed by atoms with Gasteiger partial charge in [0.05, 0.1) is 48.2 Å². The molecule has 1 amide bonds. The lowest BCUT2D eigenvalue weighted by Crippen LogP contribution is -2.64. The number of ether oxygens (including phenoxy) is 8. The Labute approximate surface area is 356 Å². The average Bonchev–Trinajstić information content (AvgIpc) is 3.17. The van der Waals surface area contributed by atoms with Crippen LogP contribution in [0.3, 0.4) is 0 Å². The number of phenolic OH excluding ortho intramolecular Hbond substituents is 2. The summed E-state index contributed by atoms with van der Waals surface area (Å²) in [7, 11) is 1.24. The van der Waals surface area contributed by atoms with Gasteiger partial charge in [-0.15, -0.1) is 0 Å². The second-order valence-electron chi connectivity index (χ2n) is 15.6. The fraction of sp³-hybridized carbons (Fsp3) is 0.537. The zero-order valence-electron chi connectivity index (χ0n) is 34.7. The molecule has 6 rings (SSSR count). The third kappa shape index (κ3) is 8.94. The molecule has 2 heterocycles. The number of aliphatic hydroxyl groups is 1. The number of halogens is 3. The molecule has 342 valence electrons. The maximum absolute atomic E-state index is 14.0. The number of hydrogen-bond acceptors (Lipinski definition) is 18. The molecule has 2 aliphatic carbocycles. The first-order chi connectivity index (χ1) is 29.4. The number of esters is 3. The molecule has 0 radical (unpaired) electrons. The van der Waals surface area contributed by atoms with Gasteiger partial charge in [0.2, 0.25) is 5.78 Å². The van der Waals surface area contributed by atoms with E-state index in [0.29, 0.717) is 0 Å². The van der Waals surface area contributed by atoms with Crippen molar-refractivity contribution in [3.63, 3.8) is 0 Å². The lowest BCUT2D eigenvalue weighted by molar-refractivity contribution is -0.333. The van der Waals surface area contributed by atoms with Gasteiger partial charge in [-0.1, -0.05) is 12.1 Å². The van der Waals surface area contributed by atoms with E-state index >= 15 is 0 Å². The number of benzene rings is 2. The molecule has 22 heteroatoms. The molecule has 19 nitrogen and oxygen atoms in total. The molecule has 2 aromatic carbocycles. The predicted octanol–water partition coefficient (Wildman–Crippen LogP) is 2.31. The first kappa shape index (κ1) is 46.8. The van der Waals surface area contributed by atoms with Crippen LogP contribution in [0.25, 0.3) is 0 Å². The van der Waals surface area contributed by atoms with Gasteiger partial charge in [0, 0.05) is 56.7 Å². The molecule has 2 saturated heterocycles. The highest BCUT2D eigenvalue weighted by Crippen LogP contribution is 2.52. The van der Waals surface area contributed by atoms with Crippen LogP contribution in [-0.4, -0.2) is 131 Å². The Morgan fingerprint density at radius 1 is 0.794 bits per heavy atom. The number of rotatable bonds is 10. The summed E-state index contributed by atoms with van der Waals surface area (Å²) in [4.78, 5) is 89.8. The number of phenols is 2. The van der Waals surface area contributed by atoms with Gasteiger partial charge < -0.3 is 58.5 Å². The van der Waals surface area contributed by atoms with E-state index in [-0.39, 0.29) is 28.0 Å². The van der Waals surface area contributed by atoms with Crippen LogP contribution in [0.5, 0.6) is 17.2 Å². The Kier molecular flexibility index (Phi) is 13.0.